The standard InChI is InChI=1S/C23H21IN2O2S/c1-17-8-14-22(15-9-17)29(27,28)26-25-23(20-6-4-3-5-7-20)16-18(2)19-10-12-21(24)13-11-19/h3-16,26H,1-2H3/b18-16+,25-23+. The second-order valence-electron chi connectivity index (χ2n) is 6.61. The van der Waals surface area contributed by atoms with Gasteiger partial charge in [0.15, 0.2) is 0 Å². The summed E-state index contributed by atoms with van der Waals surface area (Å²) in [6.45, 7) is 3.89. The van der Waals surface area contributed by atoms with Gasteiger partial charge in [0, 0.05) is 9.13 Å². The molecule has 0 saturated heterocycles. The van der Waals surface area contributed by atoms with Gasteiger partial charge < -0.3 is 0 Å². The molecule has 6 heteroatoms. The van der Waals surface area contributed by atoms with Gasteiger partial charge in [-0.1, -0.05) is 60.2 Å². The first kappa shape index (κ1) is 21.3. The van der Waals surface area contributed by atoms with Crippen molar-refractivity contribution in [2.45, 2.75) is 18.7 Å². The summed E-state index contributed by atoms with van der Waals surface area (Å²) >= 11 is 2.26. The lowest BCUT2D eigenvalue weighted by Gasteiger charge is -2.08. The molecule has 0 bridgehead atoms. The Morgan fingerprint density at radius 2 is 1.52 bits per heavy atom. The molecule has 0 aliphatic carbocycles. The molecule has 0 aliphatic rings. The number of hydrogen-bond donors (Lipinski definition) is 1. The van der Waals surface area contributed by atoms with E-state index >= 15 is 0 Å². The van der Waals surface area contributed by atoms with Crippen molar-refractivity contribution in [1.29, 1.82) is 0 Å². The number of nitrogens with one attached hydrogen (secondary N) is 1. The fraction of sp³-hybridized carbons (Fsp3) is 0.0870. The lowest BCUT2D eigenvalue weighted by Crippen LogP contribution is -2.20. The van der Waals surface area contributed by atoms with Crippen LogP contribution in [0.4, 0.5) is 0 Å². The van der Waals surface area contributed by atoms with E-state index in [1.807, 2.05) is 74.5 Å². The number of sulfonamides is 1. The highest BCUT2D eigenvalue weighted by Gasteiger charge is 2.13. The average Bonchev–Trinajstić information content (AvgIpc) is 2.72. The predicted molar refractivity (Wildman–Crippen MR) is 127 cm³/mol. The molecular formula is C23H21IN2O2S. The second-order valence-corrected chi connectivity index (χ2v) is 9.51. The summed E-state index contributed by atoms with van der Waals surface area (Å²) < 4.78 is 26.4. The number of benzene rings is 3. The molecule has 4 nitrogen and oxygen atoms in total. The Balaban J connectivity index is 1.96. The number of nitrogens with zero attached hydrogens (tertiary/aromatic N) is 1. The van der Waals surface area contributed by atoms with Crippen LogP contribution in [0.5, 0.6) is 0 Å². The highest BCUT2D eigenvalue weighted by Crippen LogP contribution is 2.17. The van der Waals surface area contributed by atoms with Crippen LogP contribution in [0.2, 0.25) is 0 Å². The van der Waals surface area contributed by atoms with Crippen molar-refractivity contribution in [2.75, 3.05) is 0 Å². The molecule has 0 amide bonds. The summed E-state index contributed by atoms with van der Waals surface area (Å²) in [7, 11) is -3.75. The van der Waals surface area contributed by atoms with E-state index < -0.39 is 10.0 Å². The van der Waals surface area contributed by atoms with Gasteiger partial charge in [-0.2, -0.15) is 18.4 Å². The molecule has 1 N–H and O–H groups in total. The number of hydrazone groups is 1. The van der Waals surface area contributed by atoms with E-state index in [1.54, 1.807) is 24.3 Å². The Morgan fingerprint density at radius 3 is 2.14 bits per heavy atom. The lowest BCUT2D eigenvalue weighted by atomic mass is 10.0. The Labute approximate surface area is 185 Å². The van der Waals surface area contributed by atoms with Crippen LogP contribution in [-0.2, 0) is 10.0 Å². The lowest BCUT2D eigenvalue weighted by molar-refractivity contribution is 0.584. The zero-order chi connectivity index (χ0) is 20.9. The maximum absolute atomic E-state index is 12.6. The van der Waals surface area contributed by atoms with E-state index in [9.17, 15) is 8.42 Å². The summed E-state index contributed by atoms with van der Waals surface area (Å²) in [6, 6.07) is 24.3. The Bertz CT molecular complexity index is 1140. The first-order valence-corrected chi connectivity index (χ1v) is 11.6. The molecule has 0 radical (unpaired) electrons. The highest BCUT2D eigenvalue weighted by atomic mass is 127. The third-order valence-corrected chi connectivity index (χ3v) is 6.28. The third kappa shape index (κ3) is 5.77. The Hall–Kier alpha value is -2.45. The maximum Gasteiger partial charge on any atom is 0.276 e. The minimum atomic E-state index is -3.75. The van der Waals surface area contributed by atoms with Crippen molar-refractivity contribution >= 4 is 43.9 Å². The first-order valence-electron chi connectivity index (χ1n) is 9.01. The maximum atomic E-state index is 12.6. The van der Waals surface area contributed by atoms with Crippen LogP contribution >= 0.6 is 22.6 Å². The largest absolute Gasteiger partial charge is 0.276 e. The molecule has 0 atom stereocenters. The molecule has 0 aliphatic heterocycles. The van der Waals surface area contributed by atoms with Crippen LogP contribution < -0.4 is 4.83 Å². The van der Waals surface area contributed by atoms with Gasteiger partial charge >= 0.3 is 0 Å². The molecule has 148 valence electrons. The molecule has 0 aromatic heterocycles. The van der Waals surface area contributed by atoms with E-state index in [0.717, 1.165) is 25.8 Å². The van der Waals surface area contributed by atoms with Crippen LogP contribution in [0, 0.1) is 10.5 Å². The Morgan fingerprint density at radius 1 is 0.897 bits per heavy atom. The highest BCUT2D eigenvalue weighted by molar-refractivity contribution is 14.1. The summed E-state index contributed by atoms with van der Waals surface area (Å²) in [5.74, 6) is 0. The molecule has 0 saturated carbocycles. The number of aryl methyl sites for hydroxylation is 1. The molecule has 0 unspecified atom stereocenters. The minimum absolute atomic E-state index is 0.178. The van der Waals surface area contributed by atoms with Crippen molar-refractivity contribution < 1.29 is 8.42 Å². The second kappa shape index (κ2) is 9.37. The van der Waals surface area contributed by atoms with Gasteiger partial charge in [-0.15, -0.1) is 0 Å². The van der Waals surface area contributed by atoms with Crippen molar-refractivity contribution in [3.05, 3.63) is 105 Å². The van der Waals surface area contributed by atoms with Crippen molar-refractivity contribution in [1.82, 2.24) is 4.83 Å². The summed E-state index contributed by atoms with van der Waals surface area (Å²) in [6.07, 6.45) is 1.88. The third-order valence-electron chi connectivity index (χ3n) is 4.34. The molecular weight excluding hydrogens is 495 g/mol. The van der Waals surface area contributed by atoms with E-state index in [0.29, 0.717) is 5.71 Å². The van der Waals surface area contributed by atoms with Gasteiger partial charge in [-0.25, -0.2) is 0 Å². The minimum Gasteiger partial charge on any atom is -0.200 e. The monoisotopic (exact) mass is 516 g/mol. The van der Waals surface area contributed by atoms with Crippen LogP contribution in [0.1, 0.15) is 23.6 Å². The average molecular weight is 516 g/mol. The Kier molecular flexibility index (Phi) is 6.87. The van der Waals surface area contributed by atoms with E-state index in [1.165, 1.54) is 0 Å². The number of halogens is 1. The molecule has 0 spiro atoms. The fourth-order valence-electron chi connectivity index (χ4n) is 2.67. The fourth-order valence-corrected chi connectivity index (χ4v) is 3.85. The number of hydrogen-bond acceptors (Lipinski definition) is 3. The molecule has 3 aromatic carbocycles. The van der Waals surface area contributed by atoms with Crippen LogP contribution in [-0.4, -0.2) is 14.1 Å². The number of rotatable bonds is 6. The van der Waals surface area contributed by atoms with Gasteiger partial charge in [-0.3, -0.25) is 0 Å². The quantitative estimate of drug-likeness (QED) is 0.272. The normalized spacial score (nSPS) is 12.7. The summed E-state index contributed by atoms with van der Waals surface area (Å²) in [5, 5.41) is 4.25. The van der Waals surface area contributed by atoms with Gasteiger partial charge in [0.1, 0.15) is 0 Å². The van der Waals surface area contributed by atoms with Gasteiger partial charge in [-0.05, 0) is 77.9 Å². The van der Waals surface area contributed by atoms with E-state index in [-0.39, 0.29) is 4.90 Å². The van der Waals surface area contributed by atoms with Crippen molar-refractivity contribution in [3.63, 3.8) is 0 Å². The zero-order valence-electron chi connectivity index (χ0n) is 16.1. The smallest absolute Gasteiger partial charge is 0.200 e. The van der Waals surface area contributed by atoms with Gasteiger partial charge in [0.05, 0.1) is 10.6 Å². The van der Waals surface area contributed by atoms with E-state index in [2.05, 4.69) is 32.5 Å². The topological polar surface area (TPSA) is 58.5 Å². The van der Waals surface area contributed by atoms with E-state index in [4.69, 9.17) is 0 Å². The first-order chi connectivity index (χ1) is 13.8. The molecule has 29 heavy (non-hydrogen) atoms. The van der Waals surface area contributed by atoms with Crippen LogP contribution in [0.3, 0.4) is 0 Å². The predicted octanol–water partition coefficient (Wildman–Crippen LogP) is 5.39. The van der Waals surface area contributed by atoms with Crippen molar-refractivity contribution in [3.8, 4) is 0 Å². The number of allylic oxidation sites excluding steroid dienone is 2. The van der Waals surface area contributed by atoms with Gasteiger partial charge in [0.2, 0.25) is 0 Å². The van der Waals surface area contributed by atoms with Crippen LogP contribution in [0.15, 0.2) is 94.9 Å². The zero-order valence-corrected chi connectivity index (χ0v) is 19.1. The van der Waals surface area contributed by atoms with Crippen molar-refractivity contribution in [2.24, 2.45) is 5.10 Å². The SMILES string of the molecule is C/C(=C\C(=N/NS(=O)(=O)c1ccc(C)cc1)c1ccccc1)c1ccc(I)cc1. The summed E-state index contributed by atoms with van der Waals surface area (Å²) in [5.41, 5.74) is 4.39. The molecule has 0 fully saturated rings. The molecule has 3 aromatic rings. The molecule has 0 heterocycles. The van der Waals surface area contributed by atoms with Gasteiger partial charge in [0.25, 0.3) is 10.0 Å². The van der Waals surface area contributed by atoms with Crippen LogP contribution in [0.25, 0.3) is 5.57 Å². The molecule has 3 rings (SSSR count). The summed E-state index contributed by atoms with van der Waals surface area (Å²) in [4.78, 5) is 2.55.